The molecule has 85 valence electrons. The minimum absolute atomic E-state index is 0.503. The molecule has 0 amide bonds. The molecule has 2 aromatic rings. The SMILES string of the molecule is [CH2]CCNC[C@@H](O)c1ccc2nnnn2c1. The van der Waals surface area contributed by atoms with Gasteiger partial charge >= 0.3 is 0 Å². The summed E-state index contributed by atoms with van der Waals surface area (Å²) in [4.78, 5) is 0. The van der Waals surface area contributed by atoms with Crippen LogP contribution in [0.3, 0.4) is 0 Å². The number of fused-ring (bicyclic) bond motifs is 1. The Morgan fingerprint density at radius 3 is 3.19 bits per heavy atom. The molecule has 0 saturated carbocycles. The average molecular weight is 220 g/mol. The lowest BCUT2D eigenvalue weighted by Gasteiger charge is -2.11. The summed E-state index contributed by atoms with van der Waals surface area (Å²) in [5, 5.41) is 24.1. The monoisotopic (exact) mass is 220 g/mol. The molecule has 2 N–H and O–H groups in total. The molecule has 6 heteroatoms. The Morgan fingerprint density at radius 1 is 1.50 bits per heavy atom. The zero-order chi connectivity index (χ0) is 11.4. The highest BCUT2D eigenvalue weighted by molar-refractivity contribution is 5.36. The Morgan fingerprint density at radius 2 is 2.38 bits per heavy atom. The third kappa shape index (κ3) is 2.34. The molecule has 16 heavy (non-hydrogen) atoms. The van der Waals surface area contributed by atoms with Crippen molar-refractivity contribution in [2.24, 2.45) is 0 Å². The molecular weight excluding hydrogens is 206 g/mol. The van der Waals surface area contributed by atoms with Crippen molar-refractivity contribution in [2.45, 2.75) is 12.5 Å². The molecule has 0 aliphatic rings. The van der Waals surface area contributed by atoms with Crippen molar-refractivity contribution >= 4 is 5.65 Å². The lowest BCUT2D eigenvalue weighted by molar-refractivity contribution is 0.174. The summed E-state index contributed by atoms with van der Waals surface area (Å²) in [6, 6.07) is 3.60. The summed E-state index contributed by atoms with van der Waals surface area (Å²) in [6.45, 7) is 5.01. The number of rotatable bonds is 5. The smallest absolute Gasteiger partial charge is 0.179 e. The van der Waals surface area contributed by atoms with E-state index in [9.17, 15) is 5.11 Å². The summed E-state index contributed by atoms with van der Waals surface area (Å²) in [5.74, 6) is 0. The van der Waals surface area contributed by atoms with Crippen LogP contribution in [0, 0.1) is 6.92 Å². The van der Waals surface area contributed by atoms with Crippen molar-refractivity contribution in [1.82, 2.24) is 25.4 Å². The minimum Gasteiger partial charge on any atom is -0.387 e. The third-order valence-electron chi connectivity index (χ3n) is 2.29. The second kappa shape index (κ2) is 5.00. The Labute approximate surface area is 93.3 Å². The van der Waals surface area contributed by atoms with Crippen LogP contribution < -0.4 is 5.32 Å². The third-order valence-corrected chi connectivity index (χ3v) is 2.29. The second-order valence-corrected chi connectivity index (χ2v) is 3.52. The standard InChI is InChI=1S/C10H14N5O/c1-2-5-11-6-9(16)8-3-4-10-12-13-14-15(10)7-8/h3-4,7,9,11,16H,1-2,5-6H2/t9-/m1/s1. The zero-order valence-electron chi connectivity index (χ0n) is 8.87. The molecule has 0 unspecified atom stereocenters. The quantitative estimate of drug-likeness (QED) is 0.692. The van der Waals surface area contributed by atoms with E-state index in [0.29, 0.717) is 12.2 Å². The predicted molar refractivity (Wildman–Crippen MR) is 58.6 cm³/mol. The predicted octanol–water partition coefficient (Wildman–Crippen LogP) is -0.0285. The average Bonchev–Trinajstić information content (AvgIpc) is 2.76. The van der Waals surface area contributed by atoms with E-state index in [1.165, 1.54) is 0 Å². The van der Waals surface area contributed by atoms with E-state index in [2.05, 4.69) is 27.8 Å². The molecule has 6 nitrogen and oxygen atoms in total. The normalized spacial score (nSPS) is 13.1. The second-order valence-electron chi connectivity index (χ2n) is 3.52. The van der Waals surface area contributed by atoms with E-state index in [1.54, 1.807) is 16.8 Å². The number of hydrogen-bond acceptors (Lipinski definition) is 5. The van der Waals surface area contributed by atoms with E-state index in [1.807, 2.05) is 6.07 Å². The van der Waals surface area contributed by atoms with Gasteiger partial charge in [0.1, 0.15) is 0 Å². The van der Waals surface area contributed by atoms with Crippen LogP contribution in [0.2, 0.25) is 0 Å². The largest absolute Gasteiger partial charge is 0.387 e. The molecule has 0 fully saturated rings. The van der Waals surface area contributed by atoms with Crippen LogP contribution in [0.1, 0.15) is 18.1 Å². The first-order chi connectivity index (χ1) is 7.81. The van der Waals surface area contributed by atoms with Gasteiger partial charge in [0.05, 0.1) is 6.10 Å². The molecule has 0 bridgehead atoms. The van der Waals surface area contributed by atoms with Crippen molar-refractivity contribution in [3.05, 3.63) is 30.8 Å². The number of nitrogens with zero attached hydrogens (tertiary/aromatic N) is 4. The fourth-order valence-electron chi connectivity index (χ4n) is 1.44. The topological polar surface area (TPSA) is 75.3 Å². The Kier molecular flexibility index (Phi) is 3.43. The van der Waals surface area contributed by atoms with Crippen molar-refractivity contribution in [2.75, 3.05) is 13.1 Å². The van der Waals surface area contributed by atoms with Gasteiger partial charge in [-0.15, -0.1) is 5.10 Å². The van der Waals surface area contributed by atoms with Crippen LogP contribution in [0.15, 0.2) is 18.3 Å². The lowest BCUT2D eigenvalue weighted by Crippen LogP contribution is -2.22. The molecule has 1 atom stereocenters. The molecule has 2 aromatic heterocycles. The molecule has 0 aromatic carbocycles. The van der Waals surface area contributed by atoms with E-state index >= 15 is 0 Å². The number of aliphatic hydroxyl groups excluding tert-OH is 1. The highest BCUT2D eigenvalue weighted by Crippen LogP contribution is 2.11. The maximum Gasteiger partial charge on any atom is 0.179 e. The van der Waals surface area contributed by atoms with Gasteiger partial charge in [0.15, 0.2) is 5.65 Å². The van der Waals surface area contributed by atoms with Crippen LogP contribution >= 0.6 is 0 Å². The molecule has 2 heterocycles. The molecule has 0 spiro atoms. The van der Waals surface area contributed by atoms with Gasteiger partial charge in [0, 0.05) is 18.3 Å². The number of pyridine rings is 1. The van der Waals surface area contributed by atoms with Gasteiger partial charge in [-0.25, -0.2) is 4.52 Å². The van der Waals surface area contributed by atoms with Crippen molar-refractivity contribution in [3.63, 3.8) is 0 Å². The van der Waals surface area contributed by atoms with E-state index in [-0.39, 0.29) is 0 Å². The maximum absolute atomic E-state index is 9.88. The molecule has 0 aliphatic carbocycles. The van der Waals surface area contributed by atoms with Gasteiger partial charge in [-0.3, -0.25) is 0 Å². The van der Waals surface area contributed by atoms with E-state index in [0.717, 1.165) is 18.5 Å². The lowest BCUT2D eigenvalue weighted by atomic mass is 10.1. The maximum atomic E-state index is 9.88. The fraction of sp³-hybridized carbons (Fsp3) is 0.400. The van der Waals surface area contributed by atoms with E-state index in [4.69, 9.17) is 0 Å². The summed E-state index contributed by atoms with van der Waals surface area (Å²) in [6.07, 6.45) is 1.98. The molecule has 0 aliphatic heterocycles. The van der Waals surface area contributed by atoms with Crippen molar-refractivity contribution in [3.8, 4) is 0 Å². The minimum atomic E-state index is -0.555. The van der Waals surface area contributed by atoms with Gasteiger partial charge in [-0.2, -0.15) is 0 Å². The number of hydrogen-bond donors (Lipinski definition) is 2. The summed E-state index contributed by atoms with van der Waals surface area (Å²) < 4.78 is 1.54. The molecule has 0 saturated heterocycles. The van der Waals surface area contributed by atoms with Crippen LogP contribution in [0.4, 0.5) is 0 Å². The number of tetrazole rings is 1. The highest BCUT2D eigenvalue weighted by Gasteiger charge is 2.08. The summed E-state index contributed by atoms with van der Waals surface area (Å²) >= 11 is 0. The zero-order valence-corrected chi connectivity index (χ0v) is 8.87. The van der Waals surface area contributed by atoms with Crippen LogP contribution in [0.25, 0.3) is 5.65 Å². The van der Waals surface area contributed by atoms with Gasteiger partial charge in [0.25, 0.3) is 0 Å². The Balaban J connectivity index is 2.07. The van der Waals surface area contributed by atoms with Gasteiger partial charge in [0.2, 0.25) is 0 Å². The van der Waals surface area contributed by atoms with Crippen LogP contribution in [-0.2, 0) is 0 Å². The van der Waals surface area contributed by atoms with Crippen molar-refractivity contribution < 1.29 is 5.11 Å². The first kappa shape index (κ1) is 11.0. The number of aromatic nitrogens is 4. The molecule has 1 radical (unpaired) electrons. The van der Waals surface area contributed by atoms with Gasteiger partial charge < -0.3 is 10.4 Å². The van der Waals surface area contributed by atoms with Crippen LogP contribution in [-0.4, -0.2) is 38.2 Å². The van der Waals surface area contributed by atoms with E-state index < -0.39 is 6.10 Å². The number of aliphatic hydroxyl groups is 1. The summed E-state index contributed by atoms with van der Waals surface area (Å²) in [7, 11) is 0. The number of nitrogens with one attached hydrogen (secondary N) is 1. The fourth-order valence-corrected chi connectivity index (χ4v) is 1.44. The Hall–Kier alpha value is -1.53. The molecular formula is C10H14N5O. The van der Waals surface area contributed by atoms with Gasteiger partial charge in [-0.1, -0.05) is 13.0 Å². The first-order valence-electron chi connectivity index (χ1n) is 5.17. The Bertz CT molecular complexity index is 455. The summed E-state index contributed by atoms with van der Waals surface area (Å²) in [5.41, 5.74) is 1.46. The van der Waals surface area contributed by atoms with Gasteiger partial charge in [-0.05, 0) is 29.5 Å². The highest BCUT2D eigenvalue weighted by atomic mass is 16.3. The van der Waals surface area contributed by atoms with Crippen LogP contribution in [0.5, 0.6) is 0 Å². The van der Waals surface area contributed by atoms with Crippen molar-refractivity contribution in [1.29, 1.82) is 0 Å². The first-order valence-corrected chi connectivity index (χ1v) is 5.17. The molecule has 2 rings (SSSR count).